The van der Waals surface area contributed by atoms with Crippen molar-refractivity contribution >= 4 is 22.1 Å². The van der Waals surface area contributed by atoms with Gasteiger partial charge in [-0.25, -0.2) is 0 Å². The minimum Gasteiger partial charge on any atom is -0.405 e. The summed E-state index contributed by atoms with van der Waals surface area (Å²) in [4.78, 5) is 10.5. The summed E-state index contributed by atoms with van der Waals surface area (Å²) in [5.41, 5.74) is 3.71. The molecule has 3 rings (SSSR count). The third-order valence-corrected chi connectivity index (χ3v) is 4.44. The van der Waals surface area contributed by atoms with Gasteiger partial charge in [-0.3, -0.25) is 4.99 Å². The summed E-state index contributed by atoms with van der Waals surface area (Å²) in [6.07, 6.45) is 7.07. The first-order valence-corrected chi connectivity index (χ1v) is 8.95. The van der Waals surface area contributed by atoms with E-state index >= 15 is 0 Å². The lowest BCUT2D eigenvalue weighted by Crippen LogP contribution is -2.27. The van der Waals surface area contributed by atoms with Gasteiger partial charge < -0.3 is 4.84 Å². The van der Waals surface area contributed by atoms with Crippen molar-refractivity contribution in [3.63, 3.8) is 0 Å². The van der Waals surface area contributed by atoms with Gasteiger partial charge >= 0.3 is 0 Å². The van der Waals surface area contributed by atoms with Crippen LogP contribution in [-0.2, 0) is 13.0 Å². The van der Waals surface area contributed by atoms with Gasteiger partial charge in [0.1, 0.15) is 5.75 Å². The second-order valence-corrected chi connectivity index (χ2v) is 6.67. The van der Waals surface area contributed by atoms with E-state index < -0.39 is 0 Å². The summed E-state index contributed by atoms with van der Waals surface area (Å²) in [7, 11) is 0. The van der Waals surface area contributed by atoms with Gasteiger partial charge in [0.2, 0.25) is 0 Å². The largest absolute Gasteiger partial charge is 0.405 e. The molecule has 0 radical (unpaired) electrons. The highest BCUT2D eigenvalue weighted by atomic mass is 79.9. The predicted molar refractivity (Wildman–Crippen MR) is 103 cm³/mol. The van der Waals surface area contributed by atoms with E-state index in [9.17, 15) is 0 Å². The molecule has 0 aromatic heterocycles. The van der Waals surface area contributed by atoms with Gasteiger partial charge in [-0.15, -0.1) is 5.06 Å². The Labute approximate surface area is 151 Å². The van der Waals surface area contributed by atoms with Crippen LogP contribution in [0.5, 0.6) is 5.75 Å². The van der Waals surface area contributed by atoms with Gasteiger partial charge in [0.25, 0.3) is 0 Å². The van der Waals surface area contributed by atoms with E-state index in [-0.39, 0.29) is 0 Å². The number of hydrogen-bond acceptors (Lipinski definition) is 3. The van der Waals surface area contributed by atoms with Crippen molar-refractivity contribution in [1.82, 2.24) is 5.06 Å². The van der Waals surface area contributed by atoms with Crippen molar-refractivity contribution in [2.24, 2.45) is 4.99 Å². The van der Waals surface area contributed by atoms with Crippen molar-refractivity contribution in [3.05, 3.63) is 75.8 Å². The highest BCUT2D eigenvalue weighted by Gasteiger charge is 2.11. The van der Waals surface area contributed by atoms with Crippen LogP contribution < -0.4 is 4.84 Å². The lowest BCUT2D eigenvalue weighted by molar-refractivity contribution is -0.0561. The lowest BCUT2D eigenvalue weighted by atomic mass is 10.0. The molecule has 3 nitrogen and oxygen atoms in total. The first-order chi connectivity index (χ1) is 11.7. The molecule has 0 unspecified atom stereocenters. The van der Waals surface area contributed by atoms with Gasteiger partial charge in [0, 0.05) is 17.2 Å². The summed E-state index contributed by atoms with van der Waals surface area (Å²) in [6, 6.07) is 14.6. The highest BCUT2D eigenvalue weighted by Crippen LogP contribution is 2.21. The summed E-state index contributed by atoms with van der Waals surface area (Å²) in [5, 5.41) is 1.97. The van der Waals surface area contributed by atoms with Crippen LogP contribution in [0.15, 0.2) is 64.1 Å². The van der Waals surface area contributed by atoms with Crippen LogP contribution in [-0.4, -0.2) is 24.4 Å². The first kappa shape index (κ1) is 16.9. The van der Waals surface area contributed by atoms with E-state index in [0.717, 1.165) is 36.3 Å². The molecule has 0 N–H and O–H groups in total. The zero-order valence-electron chi connectivity index (χ0n) is 13.8. The molecule has 0 saturated carbocycles. The molecule has 24 heavy (non-hydrogen) atoms. The van der Waals surface area contributed by atoms with Crippen LogP contribution in [0.3, 0.4) is 0 Å². The topological polar surface area (TPSA) is 24.8 Å². The smallest absolute Gasteiger partial charge is 0.147 e. The van der Waals surface area contributed by atoms with E-state index in [0.29, 0.717) is 0 Å². The average molecular weight is 385 g/mol. The van der Waals surface area contributed by atoms with E-state index in [4.69, 9.17) is 4.84 Å². The monoisotopic (exact) mass is 384 g/mol. The minimum absolute atomic E-state index is 0.732. The fourth-order valence-electron chi connectivity index (χ4n) is 2.63. The van der Waals surface area contributed by atoms with Gasteiger partial charge in [-0.2, -0.15) is 0 Å². The molecule has 1 aliphatic heterocycles. The third kappa shape index (κ3) is 4.56. The Morgan fingerprint density at radius 1 is 1.21 bits per heavy atom. The maximum absolute atomic E-state index is 6.14. The number of rotatable bonds is 6. The SMILES string of the molecule is CC=CCN(Cc1ccc(Br)cc1)Oc1ccc2c(c1)CCN=C2. The van der Waals surface area contributed by atoms with Crippen molar-refractivity contribution in [2.45, 2.75) is 19.9 Å². The Bertz CT molecular complexity index is 738. The molecular weight excluding hydrogens is 364 g/mol. The number of aliphatic imine (C=N–C) groups is 1. The van der Waals surface area contributed by atoms with Crippen molar-refractivity contribution < 1.29 is 4.84 Å². The Kier molecular flexibility index (Phi) is 5.83. The van der Waals surface area contributed by atoms with Crippen LogP contribution in [0, 0.1) is 0 Å². The Morgan fingerprint density at radius 3 is 2.83 bits per heavy atom. The van der Waals surface area contributed by atoms with Crippen molar-refractivity contribution in [2.75, 3.05) is 13.1 Å². The Balaban J connectivity index is 1.74. The molecule has 0 atom stereocenters. The zero-order chi connectivity index (χ0) is 16.8. The highest BCUT2D eigenvalue weighted by molar-refractivity contribution is 9.10. The lowest BCUT2D eigenvalue weighted by Gasteiger charge is -2.22. The number of allylic oxidation sites excluding steroid dienone is 1. The fourth-order valence-corrected chi connectivity index (χ4v) is 2.89. The van der Waals surface area contributed by atoms with Crippen LogP contribution in [0.4, 0.5) is 0 Å². The number of fused-ring (bicyclic) bond motifs is 1. The number of hydroxylamine groups is 2. The second kappa shape index (κ2) is 8.27. The molecular formula is C20H21BrN2O. The van der Waals surface area contributed by atoms with Crippen LogP contribution in [0.25, 0.3) is 0 Å². The van der Waals surface area contributed by atoms with Gasteiger partial charge in [0.15, 0.2) is 0 Å². The summed E-state index contributed by atoms with van der Waals surface area (Å²) >= 11 is 3.48. The van der Waals surface area contributed by atoms with Gasteiger partial charge in [-0.1, -0.05) is 40.2 Å². The first-order valence-electron chi connectivity index (χ1n) is 8.16. The van der Waals surface area contributed by atoms with Gasteiger partial charge in [0.05, 0.1) is 13.1 Å². The average Bonchev–Trinajstić information content (AvgIpc) is 2.61. The maximum Gasteiger partial charge on any atom is 0.147 e. The third-order valence-electron chi connectivity index (χ3n) is 3.91. The maximum atomic E-state index is 6.14. The second-order valence-electron chi connectivity index (χ2n) is 5.76. The molecule has 2 aromatic rings. The van der Waals surface area contributed by atoms with Crippen LogP contribution >= 0.6 is 15.9 Å². The van der Waals surface area contributed by atoms with E-state index in [1.54, 1.807) is 0 Å². The molecule has 0 fully saturated rings. The summed E-state index contributed by atoms with van der Waals surface area (Å²) < 4.78 is 1.09. The fraction of sp³-hybridized carbons (Fsp3) is 0.250. The number of nitrogens with zero attached hydrogens (tertiary/aromatic N) is 2. The normalized spacial score (nSPS) is 13.5. The molecule has 124 valence electrons. The number of hydrogen-bond donors (Lipinski definition) is 0. The summed E-state index contributed by atoms with van der Waals surface area (Å²) in [5.74, 6) is 0.880. The molecule has 0 bridgehead atoms. The minimum atomic E-state index is 0.732. The molecule has 0 aliphatic carbocycles. The predicted octanol–water partition coefficient (Wildman–Crippen LogP) is 4.80. The van der Waals surface area contributed by atoms with Crippen molar-refractivity contribution in [3.8, 4) is 5.75 Å². The summed E-state index contributed by atoms with van der Waals surface area (Å²) in [6.45, 7) is 4.36. The molecule has 0 spiro atoms. The molecule has 0 amide bonds. The number of benzene rings is 2. The van der Waals surface area contributed by atoms with Crippen molar-refractivity contribution in [1.29, 1.82) is 0 Å². The van der Waals surface area contributed by atoms with Crippen LogP contribution in [0.2, 0.25) is 0 Å². The molecule has 1 heterocycles. The molecule has 1 aliphatic rings. The Hall–Kier alpha value is -1.91. The number of halogens is 1. The van der Waals surface area contributed by atoms with Crippen LogP contribution in [0.1, 0.15) is 23.6 Å². The van der Waals surface area contributed by atoms with E-state index in [2.05, 4.69) is 63.4 Å². The standard InChI is InChI=1S/C20H21BrN2O/c1-2-3-12-23(15-16-4-7-19(21)8-5-16)24-20-9-6-18-14-22-11-10-17(18)13-20/h2-9,13-14H,10-12,15H2,1H3. The van der Waals surface area contributed by atoms with Gasteiger partial charge in [-0.05, 0) is 60.4 Å². The van der Waals surface area contributed by atoms with E-state index in [1.165, 1.54) is 16.7 Å². The zero-order valence-corrected chi connectivity index (χ0v) is 15.4. The molecule has 4 heteroatoms. The van der Waals surface area contributed by atoms with E-state index in [1.807, 2.05) is 30.3 Å². The Morgan fingerprint density at radius 2 is 2.04 bits per heavy atom. The molecule has 2 aromatic carbocycles. The quantitative estimate of drug-likeness (QED) is 0.527. The molecule has 0 saturated heterocycles.